The lowest BCUT2D eigenvalue weighted by Gasteiger charge is -1.96. The minimum Gasteiger partial charge on any atom is -0.472 e. The van der Waals surface area contributed by atoms with Crippen LogP contribution in [0.5, 0.6) is 0 Å². The van der Waals surface area contributed by atoms with Gasteiger partial charge < -0.3 is 15.0 Å². The third-order valence-corrected chi connectivity index (χ3v) is 1.33. The summed E-state index contributed by atoms with van der Waals surface area (Å²) in [6, 6.07) is 1.83. The molecule has 0 fully saturated rings. The molecule has 4 nitrogen and oxygen atoms in total. The van der Waals surface area contributed by atoms with Crippen LogP contribution in [-0.4, -0.2) is 12.3 Å². The maximum absolute atomic E-state index is 5.30. The molecule has 1 aromatic heterocycles. The van der Waals surface area contributed by atoms with E-state index in [2.05, 4.69) is 5.16 Å². The highest BCUT2D eigenvalue weighted by Gasteiger charge is 1.93. The predicted octanol–water partition coefficient (Wildman–Crippen LogP) is 1.13. The summed E-state index contributed by atoms with van der Waals surface area (Å²) in [5, 5.41) is 3.77. The van der Waals surface area contributed by atoms with E-state index in [0.717, 1.165) is 11.3 Å². The van der Waals surface area contributed by atoms with Gasteiger partial charge in [0.2, 0.25) is 0 Å². The number of nitrogens with zero attached hydrogens (tertiary/aromatic N) is 1. The number of hydrogen-bond acceptors (Lipinski definition) is 4. The molecule has 0 amide bonds. The zero-order valence-electron chi connectivity index (χ0n) is 6.99. The van der Waals surface area contributed by atoms with Gasteiger partial charge in [0, 0.05) is 12.1 Å². The summed E-state index contributed by atoms with van der Waals surface area (Å²) in [6.45, 7) is 2.66. The van der Waals surface area contributed by atoms with E-state index in [4.69, 9.17) is 15.0 Å². The predicted molar refractivity (Wildman–Crippen MR) is 45.7 cm³/mol. The second-order valence-corrected chi connectivity index (χ2v) is 2.44. The second kappa shape index (κ2) is 4.56. The van der Waals surface area contributed by atoms with Gasteiger partial charge in [-0.1, -0.05) is 5.16 Å². The molecule has 12 heavy (non-hydrogen) atoms. The average molecular weight is 168 g/mol. The van der Waals surface area contributed by atoms with Crippen molar-refractivity contribution in [3.8, 4) is 0 Å². The van der Waals surface area contributed by atoms with Crippen LogP contribution >= 0.6 is 0 Å². The lowest BCUT2D eigenvalue weighted by molar-refractivity contribution is 0.129. The Morgan fingerprint density at radius 1 is 1.75 bits per heavy atom. The molecule has 0 aliphatic rings. The van der Waals surface area contributed by atoms with E-state index in [1.165, 1.54) is 0 Å². The first-order valence-electron chi connectivity index (χ1n) is 3.69. The molecular formula is C8H12N2O2. The highest BCUT2D eigenvalue weighted by molar-refractivity contribution is 5.83. The van der Waals surface area contributed by atoms with E-state index < -0.39 is 0 Å². The van der Waals surface area contributed by atoms with Gasteiger partial charge in [-0.15, -0.1) is 0 Å². The lowest BCUT2D eigenvalue weighted by atomic mass is 10.4. The molecule has 0 aromatic carbocycles. The molecule has 0 spiro atoms. The molecule has 4 heteroatoms. The van der Waals surface area contributed by atoms with E-state index in [0.29, 0.717) is 13.2 Å². The van der Waals surface area contributed by atoms with Crippen LogP contribution in [0.4, 0.5) is 0 Å². The summed E-state index contributed by atoms with van der Waals surface area (Å²) in [7, 11) is 0. The van der Waals surface area contributed by atoms with Crippen LogP contribution in [0.1, 0.15) is 12.5 Å². The molecular weight excluding hydrogens is 156 g/mol. The number of oxime groups is 1. The van der Waals surface area contributed by atoms with Crippen LogP contribution in [-0.2, 0) is 11.4 Å². The topological polar surface area (TPSA) is 60.8 Å². The zero-order chi connectivity index (χ0) is 8.81. The molecule has 1 aromatic rings. The van der Waals surface area contributed by atoms with Crippen molar-refractivity contribution in [3.63, 3.8) is 0 Å². The molecule has 1 heterocycles. The van der Waals surface area contributed by atoms with Gasteiger partial charge >= 0.3 is 0 Å². The third kappa shape index (κ3) is 2.75. The number of hydrogen-bond donors (Lipinski definition) is 1. The highest BCUT2D eigenvalue weighted by atomic mass is 16.6. The largest absolute Gasteiger partial charge is 0.472 e. The Bertz CT molecular complexity index is 242. The Hall–Kier alpha value is -1.29. The molecule has 1 rings (SSSR count). The van der Waals surface area contributed by atoms with E-state index in [1.807, 2.05) is 13.0 Å². The molecule has 0 atom stereocenters. The Kier molecular flexibility index (Phi) is 3.35. The van der Waals surface area contributed by atoms with Gasteiger partial charge in [0.1, 0.15) is 6.61 Å². The molecule has 0 bridgehead atoms. The van der Waals surface area contributed by atoms with Crippen molar-refractivity contribution in [2.45, 2.75) is 13.5 Å². The molecule has 66 valence electrons. The SMILES string of the molecule is CC(CN)=NOCc1ccoc1. The molecule has 0 saturated heterocycles. The first kappa shape index (κ1) is 8.80. The second-order valence-electron chi connectivity index (χ2n) is 2.44. The molecule has 0 radical (unpaired) electrons. The first-order valence-corrected chi connectivity index (χ1v) is 3.69. The van der Waals surface area contributed by atoms with Crippen molar-refractivity contribution < 1.29 is 9.25 Å². The standard InChI is InChI=1S/C8H12N2O2/c1-7(4-9)10-12-6-8-2-3-11-5-8/h2-3,5H,4,6,9H2,1H3. The fraction of sp³-hybridized carbons (Fsp3) is 0.375. The van der Waals surface area contributed by atoms with Gasteiger partial charge in [0.15, 0.2) is 0 Å². The van der Waals surface area contributed by atoms with Crippen molar-refractivity contribution in [2.24, 2.45) is 10.9 Å². The quantitative estimate of drug-likeness (QED) is 0.541. The molecule has 0 aliphatic carbocycles. The monoisotopic (exact) mass is 168 g/mol. The average Bonchev–Trinajstić information content (AvgIpc) is 2.57. The zero-order valence-corrected chi connectivity index (χ0v) is 6.99. The van der Waals surface area contributed by atoms with Crippen molar-refractivity contribution in [3.05, 3.63) is 24.2 Å². The van der Waals surface area contributed by atoms with Crippen molar-refractivity contribution in [1.29, 1.82) is 0 Å². The summed E-state index contributed by atoms with van der Waals surface area (Å²) in [5.41, 5.74) is 7.04. The van der Waals surface area contributed by atoms with Crippen LogP contribution in [0.2, 0.25) is 0 Å². The Morgan fingerprint density at radius 2 is 2.58 bits per heavy atom. The van der Waals surface area contributed by atoms with Gasteiger partial charge in [-0.25, -0.2) is 0 Å². The van der Waals surface area contributed by atoms with Crippen LogP contribution in [0, 0.1) is 0 Å². The summed E-state index contributed by atoms with van der Waals surface area (Å²) in [5.74, 6) is 0. The van der Waals surface area contributed by atoms with Gasteiger partial charge in [-0.05, 0) is 13.0 Å². The fourth-order valence-electron chi connectivity index (χ4n) is 0.629. The Labute approximate surface area is 71.0 Å². The number of furan rings is 1. The Balaban J connectivity index is 2.28. The normalized spacial score (nSPS) is 11.7. The first-order chi connectivity index (χ1) is 5.83. The van der Waals surface area contributed by atoms with Crippen molar-refractivity contribution in [2.75, 3.05) is 6.54 Å². The van der Waals surface area contributed by atoms with Crippen LogP contribution in [0.25, 0.3) is 0 Å². The molecule has 0 unspecified atom stereocenters. The molecule has 0 aliphatic heterocycles. The fourth-order valence-corrected chi connectivity index (χ4v) is 0.629. The molecule has 2 N–H and O–H groups in total. The maximum Gasteiger partial charge on any atom is 0.145 e. The van der Waals surface area contributed by atoms with Gasteiger partial charge in [-0.3, -0.25) is 0 Å². The highest BCUT2D eigenvalue weighted by Crippen LogP contribution is 2.01. The maximum atomic E-state index is 5.30. The van der Waals surface area contributed by atoms with Crippen LogP contribution in [0.3, 0.4) is 0 Å². The van der Waals surface area contributed by atoms with E-state index >= 15 is 0 Å². The number of rotatable bonds is 4. The smallest absolute Gasteiger partial charge is 0.145 e. The van der Waals surface area contributed by atoms with Crippen LogP contribution < -0.4 is 5.73 Å². The van der Waals surface area contributed by atoms with Crippen molar-refractivity contribution >= 4 is 5.71 Å². The van der Waals surface area contributed by atoms with Gasteiger partial charge in [0.25, 0.3) is 0 Å². The van der Waals surface area contributed by atoms with Gasteiger partial charge in [0.05, 0.1) is 18.2 Å². The van der Waals surface area contributed by atoms with E-state index in [1.54, 1.807) is 12.5 Å². The molecule has 0 saturated carbocycles. The Morgan fingerprint density at radius 3 is 3.17 bits per heavy atom. The minimum atomic E-state index is 0.422. The van der Waals surface area contributed by atoms with Gasteiger partial charge in [-0.2, -0.15) is 0 Å². The lowest BCUT2D eigenvalue weighted by Crippen LogP contribution is -2.09. The van der Waals surface area contributed by atoms with E-state index in [-0.39, 0.29) is 0 Å². The van der Waals surface area contributed by atoms with E-state index in [9.17, 15) is 0 Å². The number of nitrogens with two attached hydrogens (primary N) is 1. The summed E-state index contributed by atoms with van der Waals surface area (Å²) in [4.78, 5) is 4.98. The van der Waals surface area contributed by atoms with Crippen molar-refractivity contribution in [1.82, 2.24) is 0 Å². The van der Waals surface area contributed by atoms with Crippen LogP contribution in [0.15, 0.2) is 28.2 Å². The summed E-state index contributed by atoms with van der Waals surface area (Å²) >= 11 is 0. The summed E-state index contributed by atoms with van der Waals surface area (Å²) < 4.78 is 4.85. The summed E-state index contributed by atoms with van der Waals surface area (Å²) in [6.07, 6.45) is 3.21. The third-order valence-electron chi connectivity index (χ3n) is 1.33. The minimum absolute atomic E-state index is 0.422.